The molecule has 0 unspecified atom stereocenters. The Hall–Kier alpha value is -2.12. The molecule has 5 heteroatoms. The van der Waals surface area contributed by atoms with Crippen molar-refractivity contribution in [1.29, 1.82) is 5.26 Å². The van der Waals surface area contributed by atoms with E-state index < -0.39 is 11.8 Å². The first-order valence-corrected chi connectivity index (χ1v) is 5.61. The molecule has 18 heavy (non-hydrogen) atoms. The predicted molar refractivity (Wildman–Crippen MR) is 67.0 cm³/mol. The minimum Gasteiger partial charge on any atom is -0.269 e. The zero-order valence-corrected chi connectivity index (χ0v) is 10.6. The van der Waals surface area contributed by atoms with Crippen molar-refractivity contribution in [2.24, 2.45) is 0 Å². The lowest BCUT2D eigenvalue weighted by Crippen LogP contribution is -2.31. The second kappa shape index (κ2) is 4.28. The van der Waals surface area contributed by atoms with Crippen molar-refractivity contribution in [3.63, 3.8) is 0 Å². The van der Waals surface area contributed by atoms with Gasteiger partial charge in [0, 0.05) is 11.1 Å². The molecule has 90 valence electrons. The van der Waals surface area contributed by atoms with Gasteiger partial charge in [-0.2, -0.15) is 5.26 Å². The van der Waals surface area contributed by atoms with E-state index in [1.165, 1.54) is 18.2 Å². The summed E-state index contributed by atoms with van der Waals surface area (Å²) in [5.41, 5.74) is 1.40. The zero-order chi connectivity index (χ0) is 13.4. The molecule has 2 amide bonds. The van der Waals surface area contributed by atoms with Crippen molar-refractivity contribution in [1.82, 2.24) is 0 Å². The number of imide groups is 1. The molecule has 4 nitrogen and oxygen atoms in total. The van der Waals surface area contributed by atoms with E-state index in [2.05, 4.69) is 0 Å². The second-order valence-corrected chi connectivity index (χ2v) is 4.38. The van der Waals surface area contributed by atoms with Crippen LogP contribution >= 0.6 is 11.6 Å². The smallest absolute Gasteiger partial charge is 0.261 e. The zero-order valence-electron chi connectivity index (χ0n) is 9.82. The number of nitrogens with zero attached hydrogens (tertiary/aromatic N) is 2. The molecule has 0 saturated carbocycles. The molecule has 1 aromatic carbocycles. The highest BCUT2D eigenvalue weighted by atomic mass is 35.5. The van der Waals surface area contributed by atoms with Crippen molar-refractivity contribution in [2.45, 2.75) is 13.8 Å². The van der Waals surface area contributed by atoms with Gasteiger partial charge in [-0.3, -0.25) is 9.59 Å². The Labute approximate surface area is 109 Å². The Kier molecular flexibility index (Phi) is 2.93. The number of halogens is 1. The SMILES string of the molecule is CC1=C(C)C(=O)N(c2cc(C#N)ccc2Cl)C1=O. The molecular formula is C13H9ClN2O2. The summed E-state index contributed by atoms with van der Waals surface area (Å²) >= 11 is 5.99. The van der Waals surface area contributed by atoms with E-state index in [4.69, 9.17) is 16.9 Å². The van der Waals surface area contributed by atoms with Gasteiger partial charge in [-0.15, -0.1) is 0 Å². The van der Waals surface area contributed by atoms with E-state index in [-0.39, 0.29) is 10.7 Å². The lowest BCUT2D eigenvalue weighted by atomic mass is 10.2. The first-order chi connectivity index (χ1) is 8.47. The fraction of sp³-hybridized carbons (Fsp3) is 0.154. The number of amides is 2. The van der Waals surface area contributed by atoms with Crippen LogP contribution in [0.2, 0.25) is 5.02 Å². The summed E-state index contributed by atoms with van der Waals surface area (Å²) in [5.74, 6) is -0.788. The van der Waals surface area contributed by atoms with Crippen LogP contribution in [0.1, 0.15) is 19.4 Å². The Bertz CT molecular complexity index is 617. The summed E-state index contributed by atoms with van der Waals surface area (Å²) in [7, 11) is 0. The molecule has 0 fully saturated rings. The molecule has 0 bridgehead atoms. The first kappa shape index (κ1) is 12.3. The molecule has 0 N–H and O–H groups in total. The Morgan fingerprint density at radius 2 is 1.72 bits per heavy atom. The van der Waals surface area contributed by atoms with Crippen LogP contribution in [0.3, 0.4) is 0 Å². The lowest BCUT2D eigenvalue weighted by molar-refractivity contribution is -0.120. The van der Waals surface area contributed by atoms with Crippen LogP contribution in [0.4, 0.5) is 5.69 Å². The van der Waals surface area contributed by atoms with E-state index in [9.17, 15) is 9.59 Å². The predicted octanol–water partition coefficient (Wildman–Crippen LogP) is 2.42. The number of benzene rings is 1. The van der Waals surface area contributed by atoms with Crippen LogP contribution < -0.4 is 4.90 Å². The number of hydrogen-bond acceptors (Lipinski definition) is 3. The monoisotopic (exact) mass is 260 g/mol. The van der Waals surface area contributed by atoms with Gasteiger partial charge in [-0.05, 0) is 32.0 Å². The molecule has 0 atom stereocenters. The van der Waals surface area contributed by atoms with Crippen molar-refractivity contribution >= 4 is 29.1 Å². The third-order valence-corrected chi connectivity index (χ3v) is 3.25. The average molecular weight is 261 g/mol. The Balaban J connectivity index is 2.56. The number of carbonyl (C=O) groups is 2. The maximum absolute atomic E-state index is 12.0. The number of carbonyl (C=O) groups excluding carboxylic acids is 2. The number of nitriles is 1. The quantitative estimate of drug-likeness (QED) is 0.729. The van der Waals surface area contributed by atoms with E-state index >= 15 is 0 Å². The van der Waals surface area contributed by atoms with Crippen LogP contribution in [-0.2, 0) is 9.59 Å². The molecular weight excluding hydrogens is 252 g/mol. The molecule has 0 aliphatic carbocycles. The third-order valence-electron chi connectivity index (χ3n) is 2.93. The fourth-order valence-corrected chi connectivity index (χ4v) is 1.92. The van der Waals surface area contributed by atoms with Crippen molar-refractivity contribution in [2.75, 3.05) is 4.90 Å². The summed E-state index contributed by atoms with van der Waals surface area (Å²) in [6.45, 7) is 3.19. The molecule has 2 rings (SSSR count). The largest absolute Gasteiger partial charge is 0.269 e. The lowest BCUT2D eigenvalue weighted by Gasteiger charge is -2.16. The number of anilines is 1. The summed E-state index contributed by atoms with van der Waals surface area (Å²) in [6.07, 6.45) is 0. The summed E-state index contributed by atoms with van der Waals surface area (Å²) in [6, 6.07) is 6.41. The second-order valence-electron chi connectivity index (χ2n) is 3.97. The van der Waals surface area contributed by atoms with Crippen LogP contribution in [0.15, 0.2) is 29.3 Å². The maximum Gasteiger partial charge on any atom is 0.261 e. The summed E-state index contributed by atoms with van der Waals surface area (Å²) in [5, 5.41) is 9.10. The van der Waals surface area contributed by atoms with Crippen molar-refractivity contribution < 1.29 is 9.59 Å². The van der Waals surface area contributed by atoms with Crippen LogP contribution in [-0.4, -0.2) is 11.8 Å². The highest BCUT2D eigenvalue weighted by Crippen LogP contribution is 2.32. The van der Waals surface area contributed by atoms with Gasteiger partial charge < -0.3 is 0 Å². The van der Waals surface area contributed by atoms with E-state index in [0.717, 1.165) is 4.90 Å². The fourth-order valence-electron chi connectivity index (χ4n) is 1.72. The van der Waals surface area contributed by atoms with E-state index in [1.807, 2.05) is 6.07 Å². The summed E-state index contributed by atoms with van der Waals surface area (Å²) in [4.78, 5) is 25.0. The van der Waals surface area contributed by atoms with E-state index in [1.54, 1.807) is 13.8 Å². The van der Waals surface area contributed by atoms with Crippen molar-refractivity contribution in [3.05, 3.63) is 39.9 Å². The molecule has 0 spiro atoms. The van der Waals surface area contributed by atoms with E-state index in [0.29, 0.717) is 16.7 Å². The first-order valence-electron chi connectivity index (χ1n) is 5.23. The molecule has 0 radical (unpaired) electrons. The third kappa shape index (κ3) is 1.69. The molecule has 0 aromatic heterocycles. The average Bonchev–Trinajstić information content (AvgIpc) is 2.55. The van der Waals surface area contributed by atoms with Gasteiger partial charge in [0.05, 0.1) is 22.3 Å². The molecule has 1 aliphatic heterocycles. The van der Waals surface area contributed by atoms with Gasteiger partial charge in [-0.1, -0.05) is 11.6 Å². The van der Waals surface area contributed by atoms with Gasteiger partial charge in [0.25, 0.3) is 11.8 Å². The van der Waals surface area contributed by atoms with Gasteiger partial charge >= 0.3 is 0 Å². The van der Waals surface area contributed by atoms with Gasteiger partial charge in [0.15, 0.2) is 0 Å². The minimum atomic E-state index is -0.394. The standard InChI is InChI=1S/C13H9ClN2O2/c1-7-8(2)13(18)16(12(7)17)11-5-9(6-15)3-4-10(11)14/h3-5H,1-2H3. The number of rotatable bonds is 1. The van der Waals surface area contributed by atoms with Gasteiger partial charge in [0.2, 0.25) is 0 Å². The van der Waals surface area contributed by atoms with Crippen LogP contribution in [0.5, 0.6) is 0 Å². The Morgan fingerprint density at radius 3 is 2.22 bits per heavy atom. The molecule has 0 saturated heterocycles. The van der Waals surface area contributed by atoms with Crippen LogP contribution in [0.25, 0.3) is 0 Å². The highest BCUT2D eigenvalue weighted by Gasteiger charge is 2.35. The summed E-state index contributed by atoms with van der Waals surface area (Å²) < 4.78 is 0. The van der Waals surface area contributed by atoms with Gasteiger partial charge in [0.1, 0.15) is 0 Å². The van der Waals surface area contributed by atoms with Crippen molar-refractivity contribution in [3.8, 4) is 6.07 Å². The number of hydrogen-bond donors (Lipinski definition) is 0. The topological polar surface area (TPSA) is 61.2 Å². The normalized spacial score (nSPS) is 15.3. The Morgan fingerprint density at radius 1 is 1.17 bits per heavy atom. The molecule has 1 aliphatic rings. The minimum absolute atomic E-state index is 0.252. The molecule has 1 aromatic rings. The highest BCUT2D eigenvalue weighted by molar-refractivity contribution is 6.38. The van der Waals surface area contributed by atoms with Gasteiger partial charge in [-0.25, -0.2) is 4.90 Å². The molecule has 1 heterocycles. The van der Waals surface area contributed by atoms with Crippen LogP contribution in [0, 0.1) is 11.3 Å². The maximum atomic E-state index is 12.0.